The zero-order chi connectivity index (χ0) is 13.4. The number of imidazole rings is 1. The number of H-pyrrole nitrogens is 1. The molecule has 4 rings (SSSR count). The van der Waals surface area contributed by atoms with Crippen LogP contribution in [0.5, 0.6) is 11.6 Å². The molecule has 3 aromatic heterocycles. The third-order valence-electron chi connectivity index (χ3n) is 3.00. The van der Waals surface area contributed by atoms with Gasteiger partial charge in [0.1, 0.15) is 17.6 Å². The van der Waals surface area contributed by atoms with Gasteiger partial charge >= 0.3 is 0 Å². The molecule has 0 atom stereocenters. The largest absolute Gasteiger partial charge is 0.436 e. The van der Waals surface area contributed by atoms with Gasteiger partial charge in [-0.05, 0) is 24.3 Å². The Balaban J connectivity index is 1.87. The molecule has 1 aromatic carbocycles. The molecule has 0 bridgehead atoms. The molecule has 0 aliphatic rings. The molecular weight excluding hydrogens is 254 g/mol. The van der Waals surface area contributed by atoms with Crippen LogP contribution < -0.4 is 4.74 Å². The number of ether oxygens (including phenoxy) is 1. The number of nitrogens with one attached hydrogen (secondary N) is 1. The van der Waals surface area contributed by atoms with Crippen LogP contribution in [-0.4, -0.2) is 24.9 Å². The number of hydrogen-bond acceptors (Lipinski definition) is 5. The van der Waals surface area contributed by atoms with E-state index in [4.69, 9.17) is 4.74 Å². The van der Waals surface area contributed by atoms with Crippen molar-refractivity contribution in [3.63, 3.8) is 0 Å². The van der Waals surface area contributed by atoms with E-state index in [-0.39, 0.29) is 0 Å². The van der Waals surface area contributed by atoms with Gasteiger partial charge in [-0.2, -0.15) is 4.98 Å². The summed E-state index contributed by atoms with van der Waals surface area (Å²) in [6, 6.07) is 9.56. The number of nitrogens with zero attached hydrogens (tertiary/aromatic N) is 4. The Hall–Kier alpha value is -3.02. The summed E-state index contributed by atoms with van der Waals surface area (Å²) < 4.78 is 5.90. The monoisotopic (exact) mass is 263 g/mol. The lowest BCUT2D eigenvalue weighted by Gasteiger charge is -2.07. The van der Waals surface area contributed by atoms with Gasteiger partial charge in [-0.3, -0.25) is 4.98 Å². The molecule has 0 aliphatic carbocycles. The molecule has 0 fully saturated rings. The van der Waals surface area contributed by atoms with Crippen LogP contribution >= 0.6 is 0 Å². The zero-order valence-corrected chi connectivity index (χ0v) is 10.3. The van der Waals surface area contributed by atoms with Gasteiger partial charge in [0.05, 0.1) is 11.8 Å². The molecule has 0 aliphatic heterocycles. The number of hydrogen-bond donors (Lipinski definition) is 1. The Morgan fingerprint density at radius 1 is 0.950 bits per heavy atom. The highest BCUT2D eigenvalue weighted by atomic mass is 16.5. The minimum atomic E-state index is 0.448. The Morgan fingerprint density at radius 3 is 2.95 bits per heavy atom. The molecular formula is C14H9N5O. The molecule has 0 spiro atoms. The number of rotatable bonds is 2. The highest BCUT2D eigenvalue weighted by Crippen LogP contribution is 2.29. The van der Waals surface area contributed by atoms with E-state index < -0.39 is 0 Å². The van der Waals surface area contributed by atoms with Crippen molar-refractivity contribution in [2.24, 2.45) is 0 Å². The molecule has 0 saturated heterocycles. The van der Waals surface area contributed by atoms with Crippen molar-refractivity contribution < 1.29 is 4.74 Å². The van der Waals surface area contributed by atoms with Gasteiger partial charge in [-0.15, -0.1) is 0 Å². The van der Waals surface area contributed by atoms with Gasteiger partial charge in [0.15, 0.2) is 5.65 Å². The third-order valence-corrected chi connectivity index (χ3v) is 3.00. The van der Waals surface area contributed by atoms with Gasteiger partial charge in [-0.25, -0.2) is 9.97 Å². The first-order valence-corrected chi connectivity index (χ1v) is 6.07. The Bertz CT molecular complexity index is 897. The van der Waals surface area contributed by atoms with Crippen LogP contribution in [0.3, 0.4) is 0 Å². The summed E-state index contributed by atoms with van der Waals surface area (Å²) in [7, 11) is 0. The summed E-state index contributed by atoms with van der Waals surface area (Å²) in [5.41, 5.74) is 2.13. The topological polar surface area (TPSA) is 76.6 Å². The number of pyridine rings is 1. The Morgan fingerprint density at radius 2 is 1.95 bits per heavy atom. The highest BCUT2D eigenvalue weighted by Gasteiger charge is 2.10. The van der Waals surface area contributed by atoms with Crippen molar-refractivity contribution in [1.82, 2.24) is 24.9 Å². The van der Waals surface area contributed by atoms with E-state index in [0.29, 0.717) is 22.8 Å². The molecule has 6 heteroatoms. The summed E-state index contributed by atoms with van der Waals surface area (Å²) >= 11 is 0. The summed E-state index contributed by atoms with van der Waals surface area (Å²) in [4.78, 5) is 19.6. The van der Waals surface area contributed by atoms with Crippen LogP contribution in [0.1, 0.15) is 0 Å². The maximum atomic E-state index is 5.90. The smallest absolute Gasteiger partial charge is 0.248 e. The van der Waals surface area contributed by atoms with Gasteiger partial charge in [-0.1, -0.05) is 6.07 Å². The fourth-order valence-corrected chi connectivity index (χ4v) is 2.09. The highest BCUT2D eigenvalue weighted by molar-refractivity contribution is 5.85. The van der Waals surface area contributed by atoms with E-state index in [2.05, 4.69) is 24.9 Å². The van der Waals surface area contributed by atoms with Crippen molar-refractivity contribution in [3.8, 4) is 11.6 Å². The van der Waals surface area contributed by atoms with Crippen LogP contribution in [0.4, 0.5) is 0 Å². The lowest BCUT2D eigenvalue weighted by molar-refractivity contribution is 0.472. The molecule has 20 heavy (non-hydrogen) atoms. The summed E-state index contributed by atoms with van der Waals surface area (Å²) in [6.45, 7) is 0. The van der Waals surface area contributed by atoms with Gasteiger partial charge in [0.2, 0.25) is 5.88 Å². The minimum Gasteiger partial charge on any atom is -0.436 e. The van der Waals surface area contributed by atoms with E-state index in [1.807, 2.05) is 30.3 Å². The molecule has 0 unspecified atom stereocenters. The van der Waals surface area contributed by atoms with Crippen LogP contribution in [0.2, 0.25) is 0 Å². The fourth-order valence-electron chi connectivity index (χ4n) is 2.09. The Labute approximate surface area is 113 Å². The molecule has 3 heterocycles. The number of fused-ring (bicyclic) bond motifs is 2. The molecule has 0 saturated carbocycles. The quantitative estimate of drug-likeness (QED) is 0.601. The molecule has 4 aromatic rings. The molecule has 1 N–H and O–H groups in total. The van der Waals surface area contributed by atoms with Crippen molar-refractivity contribution in [2.45, 2.75) is 0 Å². The normalized spacial score (nSPS) is 11.0. The number of benzene rings is 1. The SMILES string of the molecule is c1cc(Oc2ncnc3nc[nH]c23)c2cccnc2c1. The second kappa shape index (κ2) is 4.27. The fraction of sp³-hybridized carbons (Fsp3) is 0. The van der Waals surface area contributed by atoms with Crippen molar-refractivity contribution in [1.29, 1.82) is 0 Å². The number of aromatic nitrogens is 5. The van der Waals surface area contributed by atoms with Crippen molar-refractivity contribution in [3.05, 3.63) is 49.2 Å². The average Bonchev–Trinajstić information content (AvgIpc) is 2.97. The summed E-state index contributed by atoms with van der Waals surface area (Å²) in [5, 5.41) is 0.932. The first kappa shape index (κ1) is 10.9. The summed E-state index contributed by atoms with van der Waals surface area (Å²) in [5.74, 6) is 1.15. The third kappa shape index (κ3) is 1.66. The molecule has 0 radical (unpaired) electrons. The maximum Gasteiger partial charge on any atom is 0.248 e. The van der Waals surface area contributed by atoms with Crippen molar-refractivity contribution in [2.75, 3.05) is 0 Å². The predicted octanol–water partition coefficient (Wildman–Crippen LogP) is 2.69. The van der Waals surface area contributed by atoms with Gasteiger partial charge in [0.25, 0.3) is 0 Å². The second-order valence-corrected chi connectivity index (χ2v) is 4.21. The van der Waals surface area contributed by atoms with Crippen LogP contribution in [0.15, 0.2) is 49.2 Å². The second-order valence-electron chi connectivity index (χ2n) is 4.21. The number of aromatic amines is 1. The summed E-state index contributed by atoms with van der Waals surface area (Å²) in [6.07, 6.45) is 4.75. The lowest BCUT2D eigenvalue weighted by Crippen LogP contribution is -1.92. The molecule has 6 nitrogen and oxygen atoms in total. The minimum absolute atomic E-state index is 0.448. The standard InChI is InChI=1S/C14H9N5O/c1-4-10-9(3-2-6-15-10)11(5-1)20-14-12-13(17-7-16-12)18-8-19-14/h1-8H,(H,16,17,18,19). The predicted molar refractivity (Wildman–Crippen MR) is 73.5 cm³/mol. The Kier molecular flexibility index (Phi) is 2.32. The molecule has 0 amide bonds. The van der Waals surface area contributed by atoms with Gasteiger partial charge in [0, 0.05) is 11.6 Å². The van der Waals surface area contributed by atoms with E-state index in [1.165, 1.54) is 6.33 Å². The van der Waals surface area contributed by atoms with Crippen LogP contribution in [0.25, 0.3) is 22.1 Å². The first-order chi connectivity index (χ1) is 9.92. The molecule has 96 valence electrons. The van der Waals surface area contributed by atoms with E-state index in [1.54, 1.807) is 12.5 Å². The van der Waals surface area contributed by atoms with Crippen LogP contribution in [0, 0.1) is 0 Å². The van der Waals surface area contributed by atoms with Crippen molar-refractivity contribution >= 4 is 22.1 Å². The van der Waals surface area contributed by atoms with Crippen LogP contribution in [-0.2, 0) is 0 Å². The van der Waals surface area contributed by atoms with E-state index >= 15 is 0 Å². The lowest BCUT2D eigenvalue weighted by atomic mass is 10.2. The maximum absolute atomic E-state index is 5.90. The zero-order valence-electron chi connectivity index (χ0n) is 10.3. The van der Waals surface area contributed by atoms with E-state index in [9.17, 15) is 0 Å². The first-order valence-electron chi connectivity index (χ1n) is 6.07. The van der Waals surface area contributed by atoms with E-state index in [0.717, 1.165) is 10.9 Å². The van der Waals surface area contributed by atoms with Gasteiger partial charge < -0.3 is 9.72 Å². The average molecular weight is 263 g/mol.